The molecule has 10 heteroatoms. The molecule has 8 nitrogen and oxygen atoms in total. The van der Waals surface area contributed by atoms with Crippen molar-refractivity contribution in [1.82, 2.24) is 10.2 Å². The van der Waals surface area contributed by atoms with Gasteiger partial charge in [-0.1, -0.05) is 35.9 Å². The number of anilines is 1. The Labute approximate surface area is 194 Å². The van der Waals surface area contributed by atoms with Crippen LogP contribution in [-0.2, 0) is 26.2 Å². The summed E-state index contributed by atoms with van der Waals surface area (Å²) in [4.78, 5) is 27.2. The standard InChI is InChI=1S/C22H28ClN3O5S/c1-5-24-22(28)16(2)25(14-17-9-8-10-18(13-17)31-3)21(27)15-26(32(4,29)30)20-12-7-6-11-19(20)23/h6-13,16H,5,14-15H2,1-4H3,(H,24,28). The molecule has 2 amide bonds. The molecule has 174 valence electrons. The Bertz CT molecular complexity index is 1060. The fourth-order valence-electron chi connectivity index (χ4n) is 3.12. The second-order valence-corrected chi connectivity index (χ2v) is 9.48. The first kappa shape index (κ1) is 25.5. The van der Waals surface area contributed by atoms with Crippen molar-refractivity contribution in [3.63, 3.8) is 0 Å². The van der Waals surface area contributed by atoms with E-state index in [1.54, 1.807) is 56.3 Å². The highest BCUT2D eigenvalue weighted by Crippen LogP contribution is 2.27. The Balaban J connectivity index is 2.40. The molecule has 32 heavy (non-hydrogen) atoms. The largest absolute Gasteiger partial charge is 0.497 e. The molecule has 2 aromatic rings. The van der Waals surface area contributed by atoms with Gasteiger partial charge in [-0.15, -0.1) is 0 Å². The summed E-state index contributed by atoms with van der Waals surface area (Å²) < 4.78 is 31.2. The summed E-state index contributed by atoms with van der Waals surface area (Å²) in [6.45, 7) is 3.37. The number of sulfonamides is 1. The van der Waals surface area contributed by atoms with E-state index in [0.717, 1.165) is 16.1 Å². The van der Waals surface area contributed by atoms with Gasteiger partial charge in [0.05, 0.1) is 24.1 Å². The molecule has 2 rings (SSSR count). The summed E-state index contributed by atoms with van der Waals surface area (Å²) in [7, 11) is -2.29. The second-order valence-electron chi connectivity index (χ2n) is 7.16. The van der Waals surface area contributed by atoms with Gasteiger partial charge < -0.3 is 15.0 Å². The number of amides is 2. The van der Waals surface area contributed by atoms with Crippen LogP contribution >= 0.6 is 11.6 Å². The number of rotatable bonds is 10. The minimum atomic E-state index is -3.83. The minimum absolute atomic E-state index is 0.0917. The number of hydrogen-bond acceptors (Lipinski definition) is 5. The van der Waals surface area contributed by atoms with E-state index in [9.17, 15) is 18.0 Å². The maximum atomic E-state index is 13.4. The predicted molar refractivity (Wildman–Crippen MR) is 125 cm³/mol. The highest BCUT2D eigenvalue weighted by atomic mass is 35.5. The lowest BCUT2D eigenvalue weighted by molar-refractivity contribution is -0.139. The van der Waals surface area contributed by atoms with Gasteiger partial charge in [-0.05, 0) is 43.7 Å². The topological polar surface area (TPSA) is 96.0 Å². The van der Waals surface area contributed by atoms with Crippen LogP contribution in [0.1, 0.15) is 19.4 Å². The van der Waals surface area contributed by atoms with Crippen LogP contribution in [0, 0.1) is 0 Å². The highest BCUT2D eigenvalue weighted by Gasteiger charge is 2.30. The predicted octanol–water partition coefficient (Wildman–Crippen LogP) is 2.67. The van der Waals surface area contributed by atoms with Crippen molar-refractivity contribution in [3.05, 3.63) is 59.1 Å². The summed E-state index contributed by atoms with van der Waals surface area (Å²) in [5.41, 5.74) is 0.925. The summed E-state index contributed by atoms with van der Waals surface area (Å²) in [6, 6.07) is 12.6. The molecule has 0 aliphatic rings. The van der Waals surface area contributed by atoms with Crippen molar-refractivity contribution in [1.29, 1.82) is 0 Å². The Kier molecular flexibility index (Phi) is 8.91. The number of hydrogen-bond donors (Lipinski definition) is 1. The van der Waals surface area contributed by atoms with E-state index in [4.69, 9.17) is 16.3 Å². The van der Waals surface area contributed by atoms with Crippen molar-refractivity contribution >= 4 is 39.1 Å². The number of nitrogens with one attached hydrogen (secondary N) is 1. The molecular weight excluding hydrogens is 454 g/mol. The van der Waals surface area contributed by atoms with Crippen LogP contribution in [0.4, 0.5) is 5.69 Å². The minimum Gasteiger partial charge on any atom is -0.497 e. The summed E-state index contributed by atoms with van der Waals surface area (Å²) in [5, 5.41) is 2.90. The number of benzene rings is 2. The lowest BCUT2D eigenvalue weighted by atomic mass is 10.1. The van der Waals surface area contributed by atoms with E-state index in [1.807, 2.05) is 0 Å². The smallest absolute Gasteiger partial charge is 0.244 e. The summed E-state index contributed by atoms with van der Waals surface area (Å²) in [6.07, 6.45) is 1.00. The molecule has 0 bridgehead atoms. The SMILES string of the molecule is CCNC(=O)C(C)N(Cc1cccc(OC)c1)C(=O)CN(c1ccccc1Cl)S(C)(=O)=O. The van der Waals surface area contributed by atoms with Gasteiger partial charge in [0, 0.05) is 13.1 Å². The van der Waals surface area contributed by atoms with E-state index >= 15 is 0 Å². The van der Waals surface area contributed by atoms with Gasteiger partial charge in [0.15, 0.2) is 0 Å². The van der Waals surface area contributed by atoms with Crippen LogP contribution in [0.15, 0.2) is 48.5 Å². The molecule has 0 aliphatic carbocycles. The zero-order valence-electron chi connectivity index (χ0n) is 18.5. The Morgan fingerprint density at radius 3 is 2.44 bits per heavy atom. The zero-order valence-corrected chi connectivity index (χ0v) is 20.1. The van der Waals surface area contributed by atoms with Crippen molar-refractivity contribution in [2.45, 2.75) is 26.4 Å². The van der Waals surface area contributed by atoms with Crippen LogP contribution in [0.25, 0.3) is 0 Å². The van der Waals surface area contributed by atoms with Gasteiger partial charge in [-0.25, -0.2) is 8.42 Å². The number of methoxy groups -OCH3 is 1. The fourth-order valence-corrected chi connectivity index (χ4v) is 4.27. The second kappa shape index (κ2) is 11.2. The molecule has 0 radical (unpaired) electrons. The van der Waals surface area contributed by atoms with Crippen LogP contribution in [0.2, 0.25) is 5.02 Å². The average Bonchev–Trinajstić information content (AvgIpc) is 2.75. The normalized spacial score (nSPS) is 12.0. The number of carbonyl (C=O) groups is 2. The first-order chi connectivity index (χ1) is 15.1. The number of nitrogens with zero attached hydrogens (tertiary/aromatic N) is 2. The third kappa shape index (κ3) is 6.61. The number of para-hydroxylation sites is 1. The maximum Gasteiger partial charge on any atom is 0.244 e. The van der Waals surface area contributed by atoms with Crippen molar-refractivity contribution in [2.24, 2.45) is 0 Å². The van der Waals surface area contributed by atoms with Crippen molar-refractivity contribution < 1.29 is 22.7 Å². The lowest BCUT2D eigenvalue weighted by Crippen LogP contribution is -2.51. The van der Waals surface area contributed by atoms with Gasteiger partial charge in [-0.3, -0.25) is 13.9 Å². The average molecular weight is 482 g/mol. The number of carbonyl (C=O) groups excluding carboxylic acids is 2. The van der Waals surface area contributed by atoms with Crippen LogP contribution in [0.3, 0.4) is 0 Å². The van der Waals surface area contributed by atoms with Gasteiger partial charge in [0.25, 0.3) is 0 Å². The molecule has 0 saturated carbocycles. The lowest BCUT2D eigenvalue weighted by Gasteiger charge is -2.31. The molecule has 1 atom stereocenters. The summed E-state index contributed by atoms with van der Waals surface area (Å²) in [5.74, 6) is -0.279. The van der Waals surface area contributed by atoms with Crippen LogP contribution < -0.4 is 14.4 Å². The number of ether oxygens (including phenoxy) is 1. The molecule has 0 spiro atoms. The number of halogens is 1. The van der Waals surface area contributed by atoms with Crippen molar-refractivity contribution in [2.75, 3.05) is 30.8 Å². The van der Waals surface area contributed by atoms with Gasteiger partial charge in [0.2, 0.25) is 21.8 Å². The fraction of sp³-hybridized carbons (Fsp3) is 0.364. The summed E-state index contributed by atoms with van der Waals surface area (Å²) >= 11 is 6.20. The Hall–Kier alpha value is -2.78. The van der Waals surface area contributed by atoms with E-state index in [1.165, 1.54) is 18.1 Å². The Morgan fingerprint density at radius 1 is 1.16 bits per heavy atom. The third-order valence-electron chi connectivity index (χ3n) is 4.81. The molecular formula is C22H28ClN3O5S. The monoisotopic (exact) mass is 481 g/mol. The molecule has 1 unspecified atom stereocenters. The molecule has 0 aliphatic heterocycles. The first-order valence-corrected chi connectivity index (χ1v) is 12.2. The quantitative estimate of drug-likeness (QED) is 0.562. The zero-order chi connectivity index (χ0) is 23.9. The maximum absolute atomic E-state index is 13.4. The molecule has 0 fully saturated rings. The van der Waals surface area contributed by atoms with Crippen molar-refractivity contribution in [3.8, 4) is 5.75 Å². The molecule has 0 heterocycles. The molecule has 2 aromatic carbocycles. The molecule has 1 N–H and O–H groups in total. The van der Waals surface area contributed by atoms with Crippen LogP contribution in [0.5, 0.6) is 5.75 Å². The van der Waals surface area contributed by atoms with E-state index < -0.39 is 28.5 Å². The first-order valence-electron chi connectivity index (χ1n) is 10.0. The van der Waals surface area contributed by atoms with Crippen LogP contribution in [-0.4, -0.2) is 57.6 Å². The van der Waals surface area contributed by atoms with Gasteiger partial charge in [-0.2, -0.15) is 0 Å². The molecule has 0 aromatic heterocycles. The molecule has 0 saturated heterocycles. The van der Waals surface area contributed by atoms with Gasteiger partial charge >= 0.3 is 0 Å². The van der Waals surface area contributed by atoms with E-state index in [0.29, 0.717) is 12.3 Å². The highest BCUT2D eigenvalue weighted by molar-refractivity contribution is 7.92. The third-order valence-corrected chi connectivity index (χ3v) is 6.25. The van der Waals surface area contributed by atoms with E-state index in [-0.39, 0.29) is 23.2 Å². The number of likely N-dealkylation sites (N-methyl/N-ethyl adjacent to an activating group) is 1. The van der Waals surface area contributed by atoms with Gasteiger partial charge in [0.1, 0.15) is 18.3 Å². The van der Waals surface area contributed by atoms with E-state index in [2.05, 4.69) is 5.32 Å². The Morgan fingerprint density at radius 2 is 1.84 bits per heavy atom.